The number of hydrogen-bond acceptors (Lipinski definition) is 4. The van der Waals surface area contributed by atoms with E-state index in [-0.39, 0.29) is 0 Å². The van der Waals surface area contributed by atoms with E-state index in [1.807, 2.05) is 23.5 Å². The summed E-state index contributed by atoms with van der Waals surface area (Å²) in [5.74, 6) is 1.63. The summed E-state index contributed by atoms with van der Waals surface area (Å²) in [5.41, 5.74) is 0. The van der Waals surface area contributed by atoms with Crippen LogP contribution in [0, 0.1) is 11.8 Å². The lowest BCUT2D eigenvalue weighted by molar-refractivity contribution is 0.246. The van der Waals surface area contributed by atoms with Gasteiger partial charge in [0.2, 0.25) is 0 Å². The summed E-state index contributed by atoms with van der Waals surface area (Å²) in [4.78, 5) is 4.38. The summed E-state index contributed by atoms with van der Waals surface area (Å²) < 4.78 is 1.89. The first-order valence-electron chi connectivity index (χ1n) is 7.85. The van der Waals surface area contributed by atoms with E-state index in [1.54, 1.807) is 6.33 Å². The maximum atomic E-state index is 4.38. The van der Waals surface area contributed by atoms with Crippen LogP contribution in [-0.4, -0.2) is 32.6 Å². The van der Waals surface area contributed by atoms with Crippen LogP contribution in [-0.2, 0) is 7.05 Å². The fourth-order valence-corrected chi connectivity index (χ4v) is 4.31. The Kier molecular flexibility index (Phi) is 5.90. The summed E-state index contributed by atoms with van der Waals surface area (Å²) in [7, 11) is 1.98. The summed E-state index contributed by atoms with van der Waals surface area (Å²) in [6.45, 7) is 8.06. The van der Waals surface area contributed by atoms with Gasteiger partial charge < -0.3 is 5.32 Å². The van der Waals surface area contributed by atoms with Crippen molar-refractivity contribution in [3.05, 3.63) is 6.33 Å². The zero-order valence-electron chi connectivity index (χ0n) is 13.2. The van der Waals surface area contributed by atoms with Crippen molar-refractivity contribution in [1.82, 2.24) is 20.1 Å². The molecule has 5 heteroatoms. The van der Waals surface area contributed by atoms with Gasteiger partial charge >= 0.3 is 0 Å². The number of aryl methyl sites for hydroxylation is 1. The van der Waals surface area contributed by atoms with Gasteiger partial charge in [-0.3, -0.25) is 0 Å². The predicted molar refractivity (Wildman–Crippen MR) is 84.9 cm³/mol. The molecule has 2 rings (SSSR count). The molecule has 0 spiro atoms. The van der Waals surface area contributed by atoms with Crippen LogP contribution in [0.15, 0.2) is 11.5 Å². The third-order valence-corrected chi connectivity index (χ3v) is 5.76. The Labute approximate surface area is 127 Å². The number of nitrogens with zero attached hydrogens (tertiary/aromatic N) is 3. The summed E-state index contributed by atoms with van der Waals surface area (Å²) in [6, 6.07) is 0.617. The molecule has 0 amide bonds. The second-order valence-corrected chi connectivity index (χ2v) is 7.41. The molecule has 3 unspecified atom stereocenters. The van der Waals surface area contributed by atoms with Gasteiger partial charge in [-0.25, -0.2) is 9.67 Å². The number of hydrogen-bond donors (Lipinski definition) is 1. The molecule has 1 aliphatic carbocycles. The van der Waals surface area contributed by atoms with Gasteiger partial charge in [0.1, 0.15) is 6.33 Å². The molecule has 4 nitrogen and oxygen atoms in total. The average Bonchev–Trinajstić information content (AvgIpc) is 2.82. The van der Waals surface area contributed by atoms with E-state index in [2.05, 4.69) is 36.2 Å². The molecule has 0 aliphatic heterocycles. The molecule has 1 N–H and O–H groups in total. The van der Waals surface area contributed by atoms with Crippen molar-refractivity contribution in [1.29, 1.82) is 0 Å². The summed E-state index contributed by atoms with van der Waals surface area (Å²) >= 11 is 1.90. The first-order chi connectivity index (χ1) is 9.61. The van der Waals surface area contributed by atoms with Crippen LogP contribution in [0.25, 0.3) is 0 Å². The first-order valence-corrected chi connectivity index (χ1v) is 8.73. The Morgan fingerprint density at radius 2 is 2.25 bits per heavy atom. The number of rotatable bonds is 6. The highest BCUT2D eigenvalue weighted by molar-refractivity contribution is 7.99. The fourth-order valence-electron chi connectivity index (χ4n) is 2.99. The Morgan fingerprint density at radius 1 is 1.45 bits per heavy atom. The molecule has 0 bridgehead atoms. The Hall–Kier alpha value is -0.550. The normalized spacial score (nSPS) is 27.1. The van der Waals surface area contributed by atoms with Crippen molar-refractivity contribution in [2.24, 2.45) is 18.9 Å². The van der Waals surface area contributed by atoms with Crippen LogP contribution in [0.4, 0.5) is 0 Å². The molecule has 0 radical (unpaired) electrons. The standard InChI is InChI=1S/C15H28N4S/c1-5-8-16-13-7-6-12(11(2)3)9-14(13)20-15-17-10-18-19(15)4/h10-14,16H,5-9H2,1-4H3. The van der Waals surface area contributed by atoms with E-state index in [1.165, 1.54) is 25.7 Å². The van der Waals surface area contributed by atoms with Gasteiger partial charge in [0.05, 0.1) is 0 Å². The lowest BCUT2D eigenvalue weighted by atomic mass is 9.79. The molecule has 1 aromatic heterocycles. The minimum absolute atomic E-state index is 0.616. The number of nitrogens with one attached hydrogen (secondary N) is 1. The first kappa shape index (κ1) is 15.8. The third-order valence-electron chi connectivity index (χ3n) is 4.36. The van der Waals surface area contributed by atoms with Crippen molar-refractivity contribution < 1.29 is 0 Å². The Bertz CT molecular complexity index is 404. The van der Waals surface area contributed by atoms with Crippen molar-refractivity contribution in [2.45, 2.75) is 62.9 Å². The van der Waals surface area contributed by atoms with E-state index in [0.717, 1.165) is 23.5 Å². The van der Waals surface area contributed by atoms with Gasteiger partial charge in [0.15, 0.2) is 5.16 Å². The van der Waals surface area contributed by atoms with E-state index >= 15 is 0 Å². The van der Waals surface area contributed by atoms with Crippen LogP contribution in [0.2, 0.25) is 0 Å². The monoisotopic (exact) mass is 296 g/mol. The van der Waals surface area contributed by atoms with Crippen LogP contribution in [0.1, 0.15) is 46.5 Å². The molecule has 1 saturated carbocycles. The van der Waals surface area contributed by atoms with Gasteiger partial charge in [0.25, 0.3) is 0 Å². The molecule has 114 valence electrons. The van der Waals surface area contributed by atoms with E-state index < -0.39 is 0 Å². The quantitative estimate of drug-likeness (QED) is 0.876. The Balaban J connectivity index is 2.03. The SMILES string of the molecule is CCCNC1CCC(C(C)C)CC1Sc1ncnn1C. The predicted octanol–water partition coefficient (Wildman–Crippen LogP) is 3.10. The third kappa shape index (κ3) is 3.98. The van der Waals surface area contributed by atoms with Crippen LogP contribution < -0.4 is 5.32 Å². The zero-order chi connectivity index (χ0) is 14.5. The lowest BCUT2D eigenvalue weighted by Crippen LogP contribution is -2.43. The average molecular weight is 296 g/mol. The highest BCUT2D eigenvalue weighted by atomic mass is 32.2. The molecule has 1 heterocycles. The minimum atomic E-state index is 0.616. The van der Waals surface area contributed by atoms with Gasteiger partial charge in [-0.1, -0.05) is 32.5 Å². The number of aromatic nitrogens is 3. The Morgan fingerprint density at radius 3 is 2.85 bits per heavy atom. The molecule has 0 aromatic carbocycles. The maximum Gasteiger partial charge on any atom is 0.186 e. The fraction of sp³-hybridized carbons (Fsp3) is 0.867. The summed E-state index contributed by atoms with van der Waals surface area (Å²) in [6.07, 6.45) is 6.79. The number of thioether (sulfide) groups is 1. The van der Waals surface area contributed by atoms with Crippen LogP contribution in [0.3, 0.4) is 0 Å². The largest absolute Gasteiger partial charge is 0.313 e. The molecule has 1 fully saturated rings. The smallest absolute Gasteiger partial charge is 0.186 e. The summed E-state index contributed by atoms with van der Waals surface area (Å²) in [5, 5.41) is 9.58. The van der Waals surface area contributed by atoms with Gasteiger partial charge in [-0.05, 0) is 44.1 Å². The van der Waals surface area contributed by atoms with Crippen molar-refractivity contribution in [2.75, 3.05) is 6.54 Å². The second-order valence-electron chi connectivity index (χ2n) is 6.20. The molecule has 3 atom stereocenters. The topological polar surface area (TPSA) is 42.7 Å². The van der Waals surface area contributed by atoms with Crippen molar-refractivity contribution in [3.63, 3.8) is 0 Å². The van der Waals surface area contributed by atoms with Crippen LogP contribution >= 0.6 is 11.8 Å². The maximum absolute atomic E-state index is 4.38. The molecule has 1 aromatic rings. The van der Waals surface area contributed by atoms with Crippen LogP contribution in [0.5, 0.6) is 0 Å². The van der Waals surface area contributed by atoms with Crippen molar-refractivity contribution in [3.8, 4) is 0 Å². The lowest BCUT2D eigenvalue weighted by Gasteiger charge is -2.37. The minimum Gasteiger partial charge on any atom is -0.313 e. The molecule has 20 heavy (non-hydrogen) atoms. The molecular weight excluding hydrogens is 268 g/mol. The van der Waals surface area contributed by atoms with Gasteiger partial charge in [0, 0.05) is 18.3 Å². The van der Waals surface area contributed by atoms with Gasteiger partial charge in [-0.15, -0.1) is 0 Å². The highest BCUT2D eigenvalue weighted by Gasteiger charge is 2.32. The van der Waals surface area contributed by atoms with E-state index in [9.17, 15) is 0 Å². The molecular formula is C15H28N4S. The highest BCUT2D eigenvalue weighted by Crippen LogP contribution is 2.38. The second kappa shape index (κ2) is 7.46. The van der Waals surface area contributed by atoms with E-state index in [0.29, 0.717) is 11.3 Å². The molecule has 0 saturated heterocycles. The van der Waals surface area contributed by atoms with Gasteiger partial charge in [-0.2, -0.15) is 5.10 Å². The zero-order valence-corrected chi connectivity index (χ0v) is 14.0. The van der Waals surface area contributed by atoms with Crippen molar-refractivity contribution >= 4 is 11.8 Å². The molecule has 1 aliphatic rings. The van der Waals surface area contributed by atoms with E-state index in [4.69, 9.17) is 0 Å².